The van der Waals surface area contributed by atoms with Crippen molar-refractivity contribution in [3.63, 3.8) is 0 Å². The van der Waals surface area contributed by atoms with E-state index in [4.69, 9.17) is 0 Å². The number of hydrogen-bond acceptors (Lipinski definition) is 6. The van der Waals surface area contributed by atoms with Gasteiger partial charge in [-0.25, -0.2) is 8.42 Å². The van der Waals surface area contributed by atoms with Crippen LogP contribution in [0.25, 0.3) is 0 Å². The highest BCUT2D eigenvalue weighted by molar-refractivity contribution is 7.89. The van der Waals surface area contributed by atoms with Crippen LogP contribution in [-0.4, -0.2) is 67.6 Å². The fraction of sp³-hybridized carbons (Fsp3) is 0.379. The number of hydrogen-bond donors (Lipinski definition) is 1. The number of benzene rings is 2. The fourth-order valence-electron chi connectivity index (χ4n) is 5.70. The summed E-state index contributed by atoms with van der Waals surface area (Å²) in [5, 5.41) is 3.57. The van der Waals surface area contributed by atoms with Crippen LogP contribution in [0, 0.1) is 0 Å². The van der Waals surface area contributed by atoms with Gasteiger partial charge in [0.25, 0.3) is 11.8 Å². The molecule has 0 unspecified atom stereocenters. The Kier molecular flexibility index (Phi) is 7.05. The van der Waals surface area contributed by atoms with Crippen molar-refractivity contribution in [2.75, 3.05) is 38.5 Å². The van der Waals surface area contributed by atoms with E-state index in [-0.39, 0.29) is 16.7 Å². The molecule has 10 heteroatoms. The molecule has 3 aromatic rings. The smallest absolute Gasteiger partial charge is 0.257 e. The van der Waals surface area contributed by atoms with Gasteiger partial charge in [0.2, 0.25) is 10.0 Å². The molecule has 3 aliphatic rings. The first-order valence-corrected chi connectivity index (χ1v) is 15.7. The lowest BCUT2D eigenvalue weighted by Crippen LogP contribution is -2.35. The minimum atomic E-state index is -3.69. The molecular formula is C29H32N4O4S2. The molecule has 8 nitrogen and oxygen atoms in total. The highest BCUT2D eigenvalue weighted by atomic mass is 32.2. The number of fused-ring (bicyclic) bond motifs is 2. The van der Waals surface area contributed by atoms with Crippen LogP contribution < -0.4 is 5.32 Å². The lowest BCUT2D eigenvalue weighted by atomic mass is 10.0. The van der Waals surface area contributed by atoms with Gasteiger partial charge in [0, 0.05) is 49.7 Å². The first kappa shape index (κ1) is 26.2. The molecule has 4 heterocycles. The molecule has 39 heavy (non-hydrogen) atoms. The Morgan fingerprint density at radius 3 is 2.33 bits per heavy atom. The molecule has 0 aliphatic carbocycles. The standard InChI is InChI=1S/C29H32N4O4S2/c1-31-16-13-24-25(19-31)38-28(26(24)29(35)32-14-4-5-15-32)30-27(34)21-8-10-23(11-9-21)39(36,37)33-17-12-20-6-2-3-7-22(20)18-33/h2-3,6-11H,4-5,12-19H2,1H3,(H,30,34). The van der Waals surface area contributed by atoms with E-state index in [0.29, 0.717) is 35.6 Å². The van der Waals surface area contributed by atoms with Crippen molar-refractivity contribution in [3.8, 4) is 0 Å². The number of thiophene rings is 1. The number of nitrogens with one attached hydrogen (secondary N) is 1. The molecule has 204 valence electrons. The van der Waals surface area contributed by atoms with Gasteiger partial charge in [-0.3, -0.25) is 9.59 Å². The van der Waals surface area contributed by atoms with Crippen molar-refractivity contribution in [2.24, 2.45) is 0 Å². The number of anilines is 1. The number of carbonyl (C=O) groups is 2. The molecule has 2 amide bonds. The molecule has 1 fully saturated rings. The SMILES string of the molecule is CN1CCc2c(sc(NC(=O)c3ccc(S(=O)(=O)N4CCc5ccccc5C4)cc3)c2C(=O)N2CCCC2)C1. The summed E-state index contributed by atoms with van der Waals surface area (Å²) in [7, 11) is -1.64. The molecule has 1 saturated heterocycles. The highest BCUT2D eigenvalue weighted by Crippen LogP contribution is 2.38. The molecule has 2 aromatic carbocycles. The van der Waals surface area contributed by atoms with Gasteiger partial charge in [-0.2, -0.15) is 4.31 Å². The number of nitrogens with zero attached hydrogens (tertiary/aromatic N) is 3. The summed E-state index contributed by atoms with van der Waals surface area (Å²) in [4.78, 5) is 32.1. The molecule has 1 N–H and O–H groups in total. The van der Waals surface area contributed by atoms with Crippen molar-refractivity contribution in [2.45, 2.75) is 43.7 Å². The molecule has 0 atom stereocenters. The Labute approximate surface area is 233 Å². The van der Waals surface area contributed by atoms with E-state index in [0.717, 1.165) is 61.4 Å². The Morgan fingerprint density at radius 2 is 1.59 bits per heavy atom. The van der Waals surface area contributed by atoms with Crippen molar-refractivity contribution >= 4 is 38.2 Å². The summed E-state index contributed by atoms with van der Waals surface area (Å²) in [5.74, 6) is -0.359. The number of likely N-dealkylation sites (N-methyl/N-ethyl adjacent to an activating group) is 1. The third-order valence-corrected chi connectivity index (χ3v) is 10.9. The Morgan fingerprint density at radius 1 is 0.872 bits per heavy atom. The zero-order chi connectivity index (χ0) is 27.1. The molecule has 6 rings (SSSR count). The predicted octanol–water partition coefficient (Wildman–Crippen LogP) is 3.97. The van der Waals surface area contributed by atoms with E-state index < -0.39 is 10.0 Å². The molecule has 3 aliphatic heterocycles. The van der Waals surface area contributed by atoms with Gasteiger partial charge in [0.15, 0.2) is 0 Å². The normalized spacial score (nSPS) is 18.0. The van der Waals surface area contributed by atoms with Crippen LogP contribution in [0.3, 0.4) is 0 Å². The van der Waals surface area contributed by atoms with Crippen LogP contribution in [-0.2, 0) is 36.0 Å². The number of amides is 2. The average molecular weight is 565 g/mol. The lowest BCUT2D eigenvalue weighted by molar-refractivity contribution is 0.0792. The summed E-state index contributed by atoms with van der Waals surface area (Å²) < 4.78 is 28.2. The number of sulfonamides is 1. The van der Waals surface area contributed by atoms with Gasteiger partial charge in [-0.15, -0.1) is 11.3 Å². The van der Waals surface area contributed by atoms with Crippen LogP contribution in [0.5, 0.6) is 0 Å². The summed E-state index contributed by atoms with van der Waals surface area (Å²) in [6, 6.07) is 14.0. The zero-order valence-corrected chi connectivity index (χ0v) is 23.6. The second-order valence-electron chi connectivity index (χ2n) is 10.5. The number of likely N-dealkylation sites (tertiary alicyclic amines) is 1. The van der Waals surface area contributed by atoms with E-state index in [1.54, 1.807) is 12.1 Å². The van der Waals surface area contributed by atoms with E-state index >= 15 is 0 Å². The second-order valence-corrected chi connectivity index (χ2v) is 13.6. The van der Waals surface area contributed by atoms with Gasteiger partial charge < -0.3 is 15.1 Å². The van der Waals surface area contributed by atoms with Crippen LogP contribution in [0.4, 0.5) is 5.00 Å². The molecule has 0 spiro atoms. The summed E-state index contributed by atoms with van der Waals surface area (Å²) in [5.41, 5.74) is 4.23. The number of rotatable bonds is 5. The summed E-state index contributed by atoms with van der Waals surface area (Å²) >= 11 is 1.47. The topological polar surface area (TPSA) is 90.0 Å². The third kappa shape index (κ3) is 5.02. The summed E-state index contributed by atoms with van der Waals surface area (Å²) in [6.07, 6.45) is 3.46. The predicted molar refractivity (Wildman–Crippen MR) is 152 cm³/mol. The van der Waals surface area contributed by atoms with Crippen molar-refractivity contribution in [1.29, 1.82) is 0 Å². The summed E-state index contributed by atoms with van der Waals surface area (Å²) in [6.45, 7) is 3.88. The Hall–Kier alpha value is -3.05. The van der Waals surface area contributed by atoms with Gasteiger partial charge in [0.05, 0.1) is 10.5 Å². The third-order valence-electron chi connectivity index (χ3n) is 7.93. The minimum absolute atomic E-state index is 0.00519. The van der Waals surface area contributed by atoms with Crippen molar-refractivity contribution in [3.05, 3.63) is 81.2 Å². The van der Waals surface area contributed by atoms with Gasteiger partial charge >= 0.3 is 0 Å². The molecule has 0 saturated carbocycles. The molecule has 0 radical (unpaired) electrons. The monoisotopic (exact) mass is 564 g/mol. The van der Waals surface area contributed by atoms with Gasteiger partial charge in [0.1, 0.15) is 5.00 Å². The van der Waals surface area contributed by atoms with Crippen LogP contribution >= 0.6 is 11.3 Å². The van der Waals surface area contributed by atoms with Crippen LogP contribution in [0.2, 0.25) is 0 Å². The van der Waals surface area contributed by atoms with Crippen LogP contribution in [0.1, 0.15) is 55.1 Å². The maximum absolute atomic E-state index is 13.5. The molecule has 1 aromatic heterocycles. The largest absolute Gasteiger partial charge is 0.339 e. The second kappa shape index (κ2) is 10.5. The van der Waals surface area contributed by atoms with Gasteiger partial charge in [-0.1, -0.05) is 24.3 Å². The van der Waals surface area contributed by atoms with Crippen molar-refractivity contribution in [1.82, 2.24) is 14.1 Å². The molecular weight excluding hydrogens is 532 g/mol. The fourth-order valence-corrected chi connectivity index (χ4v) is 8.44. The van der Waals surface area contributed by atoms with E-state index in [1.807, 2.05) is 29.2 Å². The maximum Gasteiger partial charge on any atom is 0.257 e. The lowest BCUT2D eigenvalue weighted by Gasteiger charge is -2.28. The first-order chi connectivity index (χ1) is 18.8. The highest BCUT2D eigenvalue weighted by Gasteiger charge is 2.32. The first-order valence-electron chi connectivity index (χ1n) is 13.4. The van der Waals surface area contributed by atoms with Gasteiger partial charge in [-0.05, 0) is 73.7 Å². The molecule has 0 bridgehead atoms. The minimum Gasteiger partial charge on any atom is -0.339 e. The Bertz CT molecular complexity index is 1530. The van der Waals surface area contributed by atoms with Crippen LogP contribution in [0.15, 0.2) is 53.4 Å². The maximum atomic E-state index is 13.5. The average Bonchev–Trinajstić information content (AvgIpc) is 3.60. The Balaban J connectivity index is 1.22. The van der Waals surface area contributed by atoms with E-state index in [9.17, 15) is 18.0 Å². The van der Waals surface area contributed by atoms with E-state index in [1.165, 1.54) is 33.3 Å². The number of carbonyl (C=O) groups excluding carboxylic acids is 2. The zero-order valence-electron chi connectivity index (χ0n) is 22.0. The van der Waals surface area contributed by atoms with E-state index in [2.05, 4.69) is 17.3 Å². The quantitative estimate of drug-likeness (QED) is 0.507. The van der Waals surface area contributed by atoms with Crippen molar-refractivity contribution < 1.29 is 18.0 Å².